The zero-order valence-corrected chi connectivity index (χ0v) is 33.0. The second kappa shape index (κ2) is 13.2. The fraction of sp³-hybridized carbons (Fsp3) is 0.644. The Kier molecular flexibility index (Phi) is 9.45. The molecule has 0 aromatic heterocycles. The molecule has 10 atom stereocenters. The summed E-state index contributed by atoms with van der Waals surface area (Å²) in [4.78, 5) is 26.8. The van der Waals surface area contributed by atoms with Gasteiger partial charge in [-0.15, -0.1) is 0 Å². The maximum Gasteiger partial charge on any atom is 0.306 e. The van der Waals surface area contributed by atoms with E-state index in [-0.39, 0.29) is 45.9 Å². The minimum Gasteiger partial charge on any atom is -0.462 e. The predicted molar refractivity (Wildman–Crippen MR) is 205 cm³/mol. The summed E-state index contributed by atoms with van der Waals surface area (Å²) < 4.78 is 13.7. The first-order chi connectivity index (χ1) is 23.7. The lowest BCUT2D eigenvalue weighted by atomic mass is 9.44. The average Bonchev–Trinajstić information content (AvgIpc) is 3.36. The summed E-state index contributed by atoms with van der Waals surface area (Å²) in [6, 6.07) is 22.2. The monoisotopic (exact) mass is 694 g/mol. The molecule has 0 N–H and O–H groups in total. The van der Waals surface area contributed by atoms with Gasteiger partial charge in [-0.3, -0.25) is 9.59 Å². The highest BCUT2D eigenvalue weighted by atomic mass is 28.4. The topological polar surface area (TPSA) is 52.6 Å². The third-order valence-electron chi connectivity index (χ3n) is 15.0. The van der Waals surface area contributed by atoms with Crippen LogP contribution in [0.3, 0.4) is 0 Å². The third kappa shape index (κ3) is 5.81. The quantitative estimate of drug-likeness (QED) is 0.214. The molecule has 0 spiro atoms. The summed E-state index contributed by atoms with van der Waals surface area (Å²) in [7, 11) is -2.62. The molecule has 4 fully saturated rings. The lowest BCUT2D eigenvalue weighted by Crippen LogP contribution is -2.68. The molecule has 5 heteroatoms. The van der Waals surface area contributed by atoms with Crippen LogP contribution in [0.5, 0.6) is 0 Å². The van der Waals surface area contributed by atoms with Crippen LogP contribution < -0.4 is 10.4 Å². The van der Waals surface area contributed by atoms with Gasteiger partial charge in [0.15, 0.2) is 5.78 Å². The van der Waals surface area contributed by atoms with E-state index in [0.29, 0.717) is 41.8 Å². The van der Waals surface area contributed by atoms with Gasteiger partial charge in [-0.2, -0.15) is 0 Å². The van der Waals surface area contributed by atoms with Gasteiger partial charge < -0.3 is 9.16 Å². The van der Waals surface area contributed by atoms with Crippen LogP contribution in [0, 0.1) is 52.3 Å². The van der Waals surface area contributed by atoms with Gasteiger partial charge in [0.1, 0.15) is 6.10 Å². The predicted octanol–water partition coefficient (Wildman–Crippen LogP) is 9.30. The molecule has 0 unspecified atom stereocenters. The van der Waals surface area contributed by atoms with Gasteiger partial charge in [-0.05, 0) is 113 Å². The zero-order valence-electron chi connectivity index (χ0n) is 32.0. The van der Waals surface area contributed by atoms with Crippen molar-refractivity contribution in [1.82, 2.24) is 0 Å². The van der Waals surface area contributed by atoms with Gasteiger partial charge in [-0.1, -0.05) is 122 Å². The second-order valence-corrected chi connectivity index (χ2v) is 23.2. The molecule has 7 rings (SSSR count). The Balaban J connectivity index is 1.11. The van der Waals surface area contributed by atoms with Crippen molar-refractivity contribution in [2.45, 2.75) is 130 Å². The molecule has 1 aliphatic heterocycles. The lowest BCUT2D eigenvalue weighted by Gasteiger charge is -2.61. The Labute approximate surface area is 303 Å². The summed E-state index contributed by atoms with van der Waals surface area (Å²) in [6.07, 6.45) is 11.5. The molecule has 4 nitrogen and oxygen atoms in total. The van der Waals surface area contributed by atoms with Gasteiger partial charge in [0, 0.05) is 24.4 Å². The van der Waals surface area contributed by atoms with Crippen molar-refractivity contribution in [3.8, 4) is 0 Å². The summed E-state index contributed by atoms with van der Waals surface area (Å²) in [5, 5.41) is 2.70. The van der Waals surface area contributed by atoms with Gasteiger partial charge in [0.2, 0.25) is 0 Å². The molecule has 50 heavy (non-hydrogen) atoms. The van der Waals surface area contributed by atoms with Crippen molar-refractivity contribution in [2.24, 2.45) is 52.3 Å². The van der Waals surface area contributed by atoms with Crippen LogP contribution in [0.2, 0.25) is 5.04 Å². The highest BCUT2D eigenvalue weighted by Gasteiger charge is 2.62. The van der Waals surface area contributed by atoms with Gasteiger partial charge in [-0.25, -0.2) is 0 Å². The second-order valence-electron chi connectivity index (χ2n) is 18.9. The number of benzene rings is 2. The van der Waals surface area contributed by atoms with Crippen LogP contribution in [0.1, 0.15) is 113 Å². The fourth-order valence-corrected chi connectivity index (χ4v) is 17.0. The van der Waals surface area contributed by atoms with Crippen molar-refractivity contribution in [3.05, 3.63) is 72.3 Å². The maximum absolute atomic E-state index is 14.1. The Hall–Kier alpha value is -2.50. The van der Waals surface area contributed by atoms with Crippen molar-refractivity contribution < 1.29 is 18.8 Å². The largest absolute Gasteiger partial charge is 0.462 e. The molecular weight excluding hydrogens is 633 g/mol. The first-order valence-electron chi connectivity index (χ1n) is 19.9. The van der Waals surface area contributed by atoms with Crippen LogP contribution in [-0.2, 0) is 18.8 Å². The number of fused-ring (bicyclic) bond motifs is 5. The lowest BCUT2D eigenvalue weighted by molar-refractivity contribution is -0.161. The van der Waals surface area contributed by atoms with Crippen LogP contribution >= 0.6 is 0 Å². The minimum atomic E-state index is -2.62. The van der Waals surface area contributed by atoms with Crippen molar-refractivity contribution in [2.75, 3.05) is 0 Å². The molecule has 0 bridgehead atoms. The number of ketones is 1. The zero-order chi connectivity index (χ0) is 35.6. The molecule has 2 aromatic carbocycles. The Morgan fingerprint density at radius 3 is 2.08 bits per heavy atom. The van der Waals surface area contributed by atoms with Gasteiger partial charge >= 0.3 is 5.97 Å². The third-order valence-corrected chi connectivity index (χ3v) is 20.1. The van der Waals surface area contributed by atoms with E-state index in [1.54, 1.807) is 0 Å². The van der Waals surface area contributed by atoms with Crippen LogP contribution in [0.25, 0.3) is 0 Å². The number of hydrogen-bond acceptors (Lipinski definition) is 4. The number of carbonyl (C=O) groups is 2. The summed E-state index contributed by atoms with van der Waals surface area (Å²) in [5.41, 5.74) is 1.36. The molecule has 1 saturated heterocycles. The van der Waals surface area contributed by atoms with E-state index < -0.39 is 8.32 Å². The normalized spacial score (nSPS) is 36.6. The Morgan fingerprint density at radius 2 is 1.48 bits per heavy atom. The van der Waals surface area contributed by atoms with Crippen molar-refractivity contribution in [1.29, 1.82) is 0 Å². The van der Waals surface area contributed by atoms with Crippen LogP contribution in [-0.4, -0.2) is 32.3 Å². The van der Waals surface area contributed by atoms with Gasteiger partial charge in [0.25, 0.3) is 8.32 Å². The van der Waals surface area contributed by atoms with Crippen molar-refractivity contribution in [3.63, 3.8) is 0 Å². The average molecular weight is 695 g/mol. The van der Waals surface area contributed by atoms with E-state index in [1.165, 1.54) is 35.2 Å². The van der Waals surface area contributed by atoms with E-state index in [1.807, 2.05) is 6.08 Å². The molecule has 3 saturated carbocycles. The first kappa shape index (κ1) is 35.9. The number of carbonyl (C=O) groups excluding carboxylic acids is 2. The standard InChI is InChI=1S/C45H62O4Si/c1-29(2)31-25-40(48-41(47)26-31)30(3)38-28-39(46)42-36-20-19-32-27-33(21-23-44(32,7)37(36)22-24-45(38,42)8)49-50(43(4,5)6,34-15-11-9-12-16-34)35-17-13-10-14-18-35/h9-18,28-33,36-37,40,42H,19-27H2,1-8H3/t30-,31-,32-,33-,36+,37-,40-,42+,44-,45+/m0/s1. The minimum absolute atomic E-state index is 0.0295. The summed E-state index contributed by atoms with van der Waals surface area (Å²) in [6.45, 7) is 18.8. The van der Waals surface area contributed by atoms with E-state index in [2.05, 4.69) is 116 Å². The highest BCUT2D eigenvalue weighted by molar-refractivity contribution is 6.99. The number of cyclic esters (lactones) is 1. The fourth-order valence-electron chi connectivity index (χ4n) is 12.3. The number of rotatable bonds is 7. The van der Waals surface area contributed by atoms with E-state index >= 15 is 0 Å². The molecule has 2 aromatic rings. The Bertz CT molecular complexity index is 1550. The molecule has 5 aliphatic rings. The summed E-state index contributed by atoms with van der Waals surface area (Å²) >= 11 is 0. The van der Waals surface area contributed by atoms with Crippen molar-refractivity contribution >= 4 is 30.4 Å². The number of ether oxygens (including phenoxy) is 1. The highest BCUT2D eigenvalue weighted by Crippen LogP contribution is 2.67. The summed E-state index contributed by atoms with van der Waals surface area (Å²) in [5.74, 6) is 2.83. The molecule has 1 heterocycles. The smallest absolute Gasteiger partial charge is 0.306 e. The Morgan fingerprint density at radius 1 is 0.840 bits per heavy atom. The van der Waals surface area contributed by atoms with Crippen LogP contribution in [0.4, 0.5) is 0 Å². The molecular formula is C45H62O4Si. The molecule has 4 aliphatic carbocycles. The molecule has 0 amide bonds. The number of hydrogen-bond donors (Lipinski definition) is 0. The van der Waals surface area contributed by atoms with Gasteiger partial charge in [0.05, 0.1) is 0 Å². The van der Waals surface area contributed by atoms with E-state index in [9.17, 15) is 9.59 Å². The first-order valence-corrected chi connectivity index (χ1v) is 21.8. The number of esters is 1. The molecule has 270 valence electrons. The van der Waals surface area contributed by atoms with E-state index in [4.69, 9.17) is 9.16 Å². The molecule has 0 radical (unpaired) electrons. The maximum atomic E-state index is 14.1. The number of allylic oxidation sites excluding steroid dienone is 1. The van der Waals surface area contributed by atoms with E-state index in [0.717, 1.165) is 32.1 Å². The SMILES string of the molecule is CC(C)[C@@H]1CC(=O)O[C@H]([C@@H](C)C2=CC(=O)[C@H]3[C@@H]4CC[C@H]5C[C@@H](O[Si](c6ccccc6)(c6ccccc6)C(C)(C)C)CC[C@]5(C)[C@H]4CC[C@]23C)C1. The van der Waals surface area contributed by atoms with Crippen LogP contribution in [0.15, 0.2) is 72.3 Å².